The number of nitrogens with zero attached hydrogens (tertiary/aromatic N) is 1. The number of benzene rings is 1. The zero-order chi connectivity index (χ0) is 13.5. The molecule has 0 spiro atoms. The van der Waals surface area contributed by atoms with Crippen LogP contribution in [0.3, 0.4) is 0 Å². The molecule has 0 unspecified atom stereocenters. The SMILES string of the molecule is CC[C@H](O)c1ccccc1OCCc1cccnc1. The van der Waals surface area contributed by atoms with Crippen LogP contribution in [0.4, 0.5) is 0 Å². The van der Waals surface area contributed by atoms with Crippen LogP contribution in [0.2, 0.25) is 0 Å². The van der Waals surface area contributed by atoms with Gasteiger partial charge < -0.3 is 9.84 Å². The standard InChI is InChI=1S/C16H19NO2/c1-2-15(18)14-7-3-4-8-16(14)19-11-9-13-6-5-10-17-12-13/h3-8,10,12,15,18H,2,9,11H2,1H3/t15-/m0/s1. The average molecular weight is 257 g/mol. The van der Waals surface area contributed by atoms with Crippen LogP contribution in [0.15, 0.2) is 48.8 Å². The maximum atomic E-state index is 9.94. The van der Waals surface area contributed by atoms with Crippen molar-refractivity contribution in [2.45, 2.75) is 25.9 Å². The Morgan fingerprint density at radius 3 is 2.79 bits per heavy atom. The number of aromatic nitrogens is 1. The molecule has 3 nitrogen and oxygen atoms in total. The molecule has 1 aromatic carbocycles. The van der Waals surface area contributed by atoms with Crippen LogP contribution < -0.4 is 4.74 Å². The lowest BCUT2D eigenvalue weighted by Gasteiger charge is -2.14. The van der Waals surface area contributed by atoms with Crippen molar-refractivity contribution >= 4 is 0 Å². The van der Waals surface area contributed by atoms with Crippen molar-refractivity contribution < 1.29 is 9.84 Å². The fraction of sp³-hybridized carbons (Fsp3) is 0.312. The van der Waals surface area contributed by atoms with Crippen LogP contribution in [0.1, 0.15) is 30.6 Å². The van der Waals surface area contributed by atoms with Gasteiger partial charge in [0.05, 0.1) is 12.7 Å². The van der Waals surface area contributed by atoms with E-state index in [9.17, 15) is 5.11 Å². The van der Waals surface area contributed by atoms with Gasteiger partial charge in [-0.2, -0.15) is 0 Å². The van der Waals surface area contributed by atoms with Gasteiger partial charge >= 0.3 is 0 Å². The monoisotopic (exact) mass is 257 g/mol. The first-order valence-corrected chi connectivity index (χ1v) is 6.60. The molecule has 0 amide bonds. The number of pyridine rings is 1. The molecule has 2 aromatic rings. The van der Waals surface area contributed by atoms with E-state index in [1.807, 2.05) is 49.5 Å². The number of aliphatic hydroxyl groups excluding tert-OH is 1. The van der Waals surface area contributed by atoms with Crippen molar-refractivity contribution in [1.82, 2.24) is 4.98 Å². The lowest BCUT2D eigenvalue weighted by molar-refractivity contribution is 0.167. The smallest absolute Gasteiger partial charge is 0.125 e. The summed E-state index contributed by atoms with van der Waals surface area (Å²) in [5, 5.41) is 9.94. The molecule has 0 saturated heterocycles. The summed E-state index contributed by atoms with van der Waals surface area (Å²) in [4.78, 5) is 4.07. The summed E-state index contributed by atoms with van der Waals surface area (Å²) in [6.07, 6.45) is 4.63. The van der Waals surface area contributed by atoms with Crippen molar-refractivity contribution in [2.24, 2.45) is 0 Å². The second-order valence-corrected chi connectivity index (χ2v) is 4.42. The highest BCUT2D eigenvalue weighted by Crippen LogP contribution is 2.26. The molecule has 1 heterocycles. The van der Waals surface area contributed by atoms with Crippen molar-refractivity contribution in [3.63, 3.8) is 0 Å². The van der Waals surface area contributed by atoms with E-state index in [1.54, 1.807) is 6.20 Å². The number of rotatable bonds is 6. The first-order chi connectivity index (χ1) is 9.31. The van der Waals surface area contributed by atoms with Crippen LogP contribution >= 0.6 is 0 Å². The second-order valence-electron chi connectivity index (χ2n) is 4.42. The van der Waals surface area contributed by atoms with E-state index in [-0.39, 0.29) is 0 Å². The first kappa shape index (κ1) is 13.6. The zero-order valence-corrected chi connectivity index (χ0v) is 11.1. The third-order valence-corrected chi connectivity index (χ3v) is 3.04. The molecular formula is C16H19NO2. The third-order valence-electron chi connectivity index (χ3n) is 3.04. The molecule has 0 aliphatic heterocycles. The molecule has 0 fully saturated rings. The molecule has 0 aliphatic rings. The highest BCUT2D eigenvalue weighted by molar-refractivity contribution is 5.35. The molecule has 2 rings (SSSR count). The third kappa shape index (κ3) is 3.80. The van der Waals surface area contributed by atoms with E-state index in [2.05, 4.69) is 4.98 Å². The number of aliphatic hydroxyl groups is 1. The van der Waals surface area contributed by atoms with Gasteiger partial charge in [0, 0.05) is 24.4 Å². The van der Waals surface area contributed by atoms with Gasteiger partial charge in [0.1, 0.15) is 5.75 Å². The van der Waals surface area contributed by atoms with Crippen molar-refractivity contribution in [3.05, 3.63) is 59.9 Å². The molecule has 0 aliphatic carbocycles. The molecule has 3 heteroatoms. The predicted molar refractivity (Wildman–Crippen MR) is 75.1 cm³/mol. The minimum atomic E-state index is -0.463. The predicted octanol–water partition coefficient (Wildman–Crippen LogP) is 3.15. The molecule has 19 heavy (non-hydrogen) atoms. The Kier molecular flexibility index (Phi) is 4.93. The Bertz CT molecular complexity index is 499. The minimum absolute atomic E-state index is 0.463. The van der Waals surface area contributed by atoms with Crippen molar-refractivity contribution in [1.29, 1.82) is 0 Å². The van der Waals surface area contributed by atoms with Gasteiger partial charge in [-0.15, -0.1) is 0 Å². The lowest BCUT2D eigenvalue weighted by atomic mass is 10.1. The zero-order valence-electron chi connectivity index (χ0n) is 11.1. The second kappa shape index (κ2) is 6.90. The van der Waals surface area contributed by atoms with Crippen LogP contribution in [0.5, 0.6) is 5.75 Å². The maximum absolute atomic E-state index is 9.94. The van der Waals surface area contributed by atoms with Gasteiger partial charge in [-0.1, -0.05) is 31.2 Å². The molecule has 100 valence electrons. The van der Waals surface area contributed by atoms with Crippen LogP contribution in [0, 0.1) is 0 Å². The molecular weight excluding hydrogens is 238 g/mol. The minimum Gasteiger partial charge on any atom is -0.493 e. The highest BCUT2D eigenvalue weighted by Gasteiger charge is 2.10. The maximum Gasteiger partial charge on any atom is 0.125 e. The van der Waals surface area contributed by atoms with Crippen LogP contribution in [0.25, 0.3) is 0 Å². The van der Waals surface area contributed by atoms with Gasteiger partial charge in [-0.3, -0.25) is 4.98 Å². The van der Waals surface area contributed by atoms with E-state index >= 15 is 0 Å². The topological polar surface area (TPSA) is 42.4 Å². The quantitative estimate of drug-likeness (QED) is 0.864. The van der Waals surface area contributed by atoms with E-state index in [4.69, 9.17) is 4.74 Å². The summed E-state index contributed by atoms with van der Waals surface area (Å²) < 4.78 is 5.78. The Balaban J connectivity index is 1.96. The number of hydrogen-bond donors (Lipinski definition) is 1. The Morgan fingerprint density at radius 1 is 1.21 bits per heavy atom. The average Bonchev–Trinajstić information content (AvgIpc) is 2.48. The Morgan fingerprint density at radius 2 is 2.05 bits per heavy atom. The molecule has 1 aromatic heterocycles. The molecule has 1 N–H and O–H groups in total. The molecule has 0 saturated carbocycles. The largest absolute Gasteiger partial charge is 0.493 e. The van der Waals surface area contributed by atoms with Crippen molar-refractivity contribution in [2.75, 3.05) is 6.61 Å². The van der Waals surface area contributed by atoms with Gasteiger partial charge in [0.2, 0.25) is 0 Å². The van der Waals surface area contributed by atoms with Gasteiger partial charge in [-0.25, -0.2) is 0 Å². The van der Waals surface area contributed by atoms with Gasteiger partial charge in [-0.05, 0) is 24.1 Å². The number of para-hydroxylation sites is 1. The summed E-state index contributed by atoms with van der Waals surface area (Å²) in [6.45, 7) is 2.54. The van der Waals surface area contributed by atoms with E-state index in [0.29, 0.717) is 13.0 Å². The highest BCUT2D eigenvalue weighted by atomic mass is 16.5. The lowest BCUT2D eigenvalue weighted by Crippen LogP contribution is -2.05. The Labute approximate surface area is 113 Å². The summed E-state index contributed by atoms with van der Waals surface area (Å²) in [6, 6.07) is 11.6. The summed E-state index contributed by atoms with van der Waals surface area (Å²) >= 11 is 0. The normalized spacial score (nSPS) is 12.1. The molecule has 0 radical (unpaired) electrons. The van der Waals surface area contributed by atoms with Gasteiger partial charge in [0.25, 0.3) is 0 Å². The fourth-order valence-corrected chi connectivity index (χ4v) is 1.93. The molecule has 0 bridgehead atoms. The van der Waals surface area contributed by atoms with Crippen LogP contribution in [-0.4, -0.2) is 16.7 Å². The van der Waals surface area contributed by atoms with E-state index in [1.165, 1.54) is 0 Å². The van der Waals surface area contributed by atoms with E-state index < -0.39 is 6.10 Å². The fourth-order valence-electron chi connectivity index (χ4n) is 1.93. The van der Waals surface area contributed by atoms with Gasteiger partial charge in [0.15, 0.2) is 0 Å². The number of ether oxygens (including phenoxy) is 1. The number of hydrogen-bond acceptors (Lipinski definition) is 3. The van der Waals surface area contributed by atoms with Crippen molar-refractivity contribution in [3.8, 4) is 5.75 Å². The first-order valence-electron chi connectivity index (χ1n) is 6.60. The Hall–Kier alpha value is -1.87. The van der Waals surface area contributed by atoms with E-state index in [0.717, 1.165) is 23.3 Å². The molecule has 1 atom stereocenters. The summed E-state index contributed by atoms with van der Waals surface area (Å²) in [5.41, 5.74) is 2.01. The summed E-state index contributed by atoms with van der Waals surface area (Å²) in [5.74, 6) is 0.765. The summed E-state index contributed by atoms with van der Waals surface area (Å²) in [7, 11) is 0. The van der Waals surface area contributed by atoms with Crippen LogP contribution in [-0.2, 0) is 6.42 Å².